The number of β-lactam (4-membered cyclic amide) rings is 1. The quantitative estimate of drug-likeness (QED) is 0.270. The Labute approximate surface area is 200 Å². The molecule has 2 aliphatic heterocycles. The highest BCUT2D eigenvalue weighted by Gasteiger charge is 2.54. The average molecular weight is 510 g/mol. The Hall–Kier alpha value is -2.94. The van der Waals surface area contributed by atoms with Crippen molar-refractivity contribution < 1.29 is 29.1 Å². The molecule has 2 amide bonds. The number of thiazole rings is 1. The van der Waals surface area contributed by atoms with Gasteiger partial charge in [-0.15, -0.1) is 34.4 Å². The van der Waals surface area contributed by atoms with Gasteiger partial charge in [0.1, 0.15) is 29.9 Å². The van der Waals surface area contributed by atoms with Crippen LogP contribution in [0.15, 0.2) is 27.7 Å². The molecule has 4 heterocycles. The molecule has 0 radical (unpaired) electrons. The molecule has 2 aromatic rings. The van der Waals surface area contributed by atoms with Crippen LogP contribution in [0.5, 0.6) is 0 Å². The van der Waals surface area contributed by atoms with Crippen LogP contribution in [0.1, 0.15) is 16.1 Å². The zero-order valence-electron chi connectivity index (χ0n) is 17.4. The second kappa shape index (κ2) is 9.51. The molecule has 0 aromatic carbocycles. The van der Waals surface area contributed by atoms with E-state index in [1.807, 2.05) is 11.4 Å². The third-order valence-corrected chi connectivity index (χ3v) is 7.81. The predicted octanol–water partition coefficient (Wildman–Crippen LogP) is 1.18. The number of thioether (sulfide) groups is 1. The summed E-state index contributed by atoms with van der Waals surface area (Å²) in [6, 6.07) is 0.909. The molecule has 2 atom stereocenters. The summed E-state index contributed by atoms with van der Waals surface area (Å²) in [5, 5.41) is 19.3. The van der Waals surface area contributed by atoms with Gasteiger partial charge in [0.05, 0.1) is 6.61 Å². The first kappa shape index (κ1) is 23.2. The van der Waals surface area contributed by atoms with Gasteiger partial charge in [-0.2, -0.15) is 0 Å². The largest absolute Gasteiger partial charge is 0.477 e. The number of carbonyl (C=O) groups excluding carboxylic acids is 2. The minimum atomic E-state index is -1.21. The number of nitrogen functional groups attached to an aromatic ring is 1. The maximum absolute atomic E-state index is 13.0. The van der Waals surface area contributed by atoms with Crippen molar-refractivity contribution in [1.82, 2.24) is 15.2 Å². The number of nitrogens with zero attached hydrogens (tertiary/aromatic N) is 3. The molecule has 4 N–H and O–H groups in total. The number of aliphatic carboxylic acids is 1. The number of hydrogen-bond acceptors (Lipinski definition) is 11. The van der Waals surface area contributed by atoms with Crippen LogP contribution >= 0.6 is 34.4 Å². The lowest BCUT2D eigenvalue weighted by molar-refractivity contribution is -0.149. The minimum Gasteiger partial charge on any atom is -0.477 e. The molecule has 2 aromatic heterocycles. The lowest BCUT2D eigenvalue weighted by Gasteiger charge is -2.49. The van der Waals surface area contributed by atoms with Crippen molar-refractivity contribution in [2.24, 2.45) is 5.16 Å². The van der Waals surface area contributed by atoms with Crippen molar-refractivity contribution in [3.8, 4) is 0 Å². The van der Waals surface area contributed by atoms with E-state index in [1.54, 1.807) is 12.5 Å². The highest BCUT2D eigenvalue weighted by molar-refractivity contribution is 8.00. The molecule has 14 heteroatoms. The Morgan fingerprint density at radius 2 is 2.18 bits per heavy atom. The van der Waals surface area contributed by atoms with E-state index in [9.17, 15) is 19.5 Å². The molecule has 4 rings (SSSR count). The van der Waals surface area contributed by atoms with E-state index in [4.69, 9.17) is 15.3 Å². The Morgan fingerprint density at radius 3 is 2.82 bits per heavy atom. The zero-order chi connectivity index (χ0) is 23.7. The van der Waals surface area contributed by atoms with Gasteiger partial charge in [-0.25, -0.2) is 9.78 Å². The summed E-state index contributed by atoms with van der Waals surface area (Å²) in [5.41, 5.74) is 6.94. The normalized spacial score (nSPS) is 20.4. The van der Waals surface area contributed by atoms with E-state index in [0.29, 0.717) is 17.9 Å². The first-order valence-electron chi connectivity index (χ1n) is 9.47. The summed E-state index contributed by atoms with van der Waals surface area (Å²) in [6.45, 7) is 0.340. The van der Waals surface area contributed by atoms with Crippen molar-refractivity contribution in [3.05, 3.63) is 38.7 Å². The van der Waals surface area contributed by atoms with Crippen LogP contribution in [0.4, 0.5) is 5.13 Å². The van der Waals surface area contributed by atoms with E-state index >= 15 is 0 Å². The Balaban J connectivity index is 1.58. The van der Waals surface area contributed by atoms with Crippen LogP contribution in [-0.2, 0) is 30.6 Å². The van der Waals surface area contributed by atoms with E-state index in [0.717, 1.165) is 21.8 Å². The number of nitrogens with one attached hydrogen (secondary N) is 1. The molecule has 0 spiro atoms. The van der Waals surface area contributed by atoms with Crippen LogP contribution in [0.25, 0.3) is 5.57 Å². The van der Waals surface area contributed by atoms with Crippen LogP contribution < -0.4 is 11.1 Å². The summed E-state index contributed by atoms with van der Waals surface area (Å²) >= 11 is 3.96. The number of methoxy groups -OCH3 is 1. The maximum Gasteiger partial charge on any atom is 0.352 e. The number of amides is 2. The fourth-order valence-electron chi connectivity index (χ4n) is 3.58. The fourth-order valence-corrected chi connectivity index (χ4v) is 6.36. The van der Waals surface area contributed by atoms with E-state index in [-0.39, 0.29) is 22.2 Å². The Bertz CT molecular complexity index is 1170. The SMILES string of the molecule is COCc1sccc1C1=C(C(=O)O)N2C(=O)[C@@H](NC(=O)/C(=N/OC)c3csc(N)n3)[C@H]2SC1. The number of ether oxygens (including phenoxy) is 1. The molecular weight excluding hydrogens is 490 g/mol. The number of carboxylic acid groups (broad SMARTS) is 1. The molecule has 2 aliphatic rings. The number of aromatic nitrogens is 1. The lowest BCUT2D eigenvalue weighted by Crippen LogP contribution is -2.71. The van der Waals surface area contributed by atoms with Crippen molar-refractivity contribution >= 4 is 68.6 Å². The highest BCUT2D eigenvalue weighted by Crippen LogP contribution is 2.44. The molecule has 1 saturated heterocycles. The summed E-state index contributed by atoms with van der Waals surface area (Å²) in [6.07, 6.45) is 0. The van der Waals surface area contributed by atoms with Crippen molar-refractivity contribution in [2.45, 2.75) is 18.0 Å². The third-order valence-electron chi connectivity index (χ3n) is 4.97. The number of rotatable bonds is 8. The number of oxime groups is 1. The number of hydrogen-bond donors (Lipinski definition) is 3. The van der Waals surface area contributed by atoms with Gasteiger partial charge in [0.2, 0.25) is 0 Å². The van der Waals surface area contributed by atoms with Gasteiger partial charge in [-0.3, -0.25) is 14.5 Å². The van der Waals surface area contributed by atoms with Crippen LogP contribution in [-0.4, -0.2) is 69.9 Å². The maximum atomic E-state index is 13.0. The van der Waals surface area contributed by atoms with Crippen molar-refractivity contribution in [3.63, 3.8) is 0 Å². The van der Waals surface area contributed by atoms with Gasteiger partial charge in [-0.1, -0.05) is 5.16 Å². The summed E-state index contributed by atoms with van der Waals surface area (Å²) in [4.78, 5) is 48.8. The molecule has 0 saturated carbocycles. The number of fused-ring (bicyclic) bond motifs is 1. The van der Waals surface area contributed by atoms with E-state index in [1.165, 1.54) is 35.1 Å². The van der Waals surface area contributed by atoms with E-state index in [2.05, 4.69) is 15.5 Å². The van der Waals surface area contributed by atoms with Gasteiger partial charge >= 0.3 is 5.97 Å². The molecule has 33 heavy (non-hydrogen) atoms. The van der Waals surface area contributed by atoms with E-state index < -0.39 is 29.2 Å². The van der Waals surface area contributed by atoms with Gasteiger partial charge in [0.25, 0.3) is 11.8 Å². The summed E-state index contributed by atoms with van der Waals surface area (Å²) in [7, 11) is 2.85. The number of thiophene rings is 1. The lowest BCUT2D eigenvalue weighted by atomic mass is 9.99. The van der Waals surface area contributed by atoms with Crippen molar-refractivity contribution in [2.75, 3.05) is 25.7 Å². The second-order valence-corrected chi connectivity index (χ2v) is 9.87. The van der Waals surface area contributed by atoms with Crippen LogP contribution in [0.3, 0.4) is 0 Å². The summed E-state index contributed by atoms with van der Waals surface area (Å²) in [5.74, 6) is -2.04. The van der Waals surface area contributed by atoms with Gasteiger partial charge in [0, 0.05) is 28.7 Å². The molecule has 174 valence electrons. The third kappa shape index (κ3) is 4.21. The highest BCUT2D eigenvalue weighted by atomic mass is 32.2. The topological polar surface area (TPSA) is 156 Å². The number of carbonyl (C=O) groups is 3. The molecule has 1 fully saturated rings. The second-order valence-electron chi connectivity index (χ2n) is 6.88. The standard InChI is InChI=1S/C19H19N5O6S3/c1-29-5-11-8(3-4-31-11)9-6-32-17-13(16(26)24(17)14(9)18(27)28)22-15(25)12(23-30-2)10-7-33-19(20)21-10/h3-4,7,13,17H,5-6H2,1-2H3,(H2,20,21)(H,22,25)(H,27,28)/b23-12+/t13-,17-/m1/s1. The van der Waals surface area contributed by atoms with Gasteiger partial charge in [0.15, 0.2) is 10.8 Å². The average Bonchev–Trinajstić information content (AvgIpc) is 3.43. The number of anilines is 1. The number of nitrogens with two attached hydrogens (primary N) is 1. The smallest absolute Gasteiger partial charge is 0.352 e. The van der Waals surface area contributed by atoms with Crippen molar-refractivity contribution in [1.29, 1.82) is 0 Å². The predicted molar refractivity (Wildman–Crippen MR) is 125 cm³/mol. The Morgan fingerprint density at radius 1 is 1.39 bits per heavy atom. The first-order valence-corrected chi connectivity index (χ1v) is 12.3. The molecule has 0 aliphatic carbocycles. The molecule has 0 bridgehead atoms. The molecular formula is C19H19N5O6S3. The Kier molecular flexibility index (Phi) is 6.69. The zero-order valence-corrected chi connectivity index (χ0v) is 19.9. The fraction of sp³-hybridized carbons (Fsp3) is 0.316. The summed E-state index contributed by atoms with van der Waals surface area (Å²) < 4.78 is 5.21. The molecule has 0 unspecified atom stereocenters. The van der Waals surface area contributed by atoms with Crippen LogP contribution in [0, 0.1) is 0 Å². The number of carboxylic acids is 1. The van der Waals surface area contributed by atoms with Gasteiger partial charge < -0.3 is 25.7 Å². The molecule has 11 nitrogen and oxygen atoms in total. The van der Waals surface area contributed by atoms with Crippen LogP contribution in [0.2, 0.25) is 0 Å². The first-order chi connectivity index (χ1) is 15.9. The van der Waals surface area contributed by atoms with Gasteiger partial charge in [-0.05, 0) is 17.0 Å². The minimum absolute atomic E-state index is 0.0805. The monoisotopic (exact) mass is 509 g/mol.